The molecule has 1 aliphatic rings. The summed E-state index contributed by atoms with van der Waals surface area (Å²) in [6, 6.07) is 62.9. The Hall–Kier alpha value is -6.15. The fraction of sp³-hybridized carbons (Fsp3) is 0.0213. The smallest absolute Gasteiger partial charge is 0.160 e. The number of aromatic nitrogens is 2. The van der Waals surface area contributed by atoms with Gasteiger partial charge in [-0.15, -0.1) is 0 Å². The van der Waals surface area contributed by atoms with Crippen LogP contribution in [0.25, 0.3) is 78.4 Å². The normalized spacial score (nSPS) is 14.5. The fourth-order valence-electron chi connectivity index (χ4n) is 7.16. The third kappa shape index (κ3) is 5.72. The molecule has 1 aromatic heterocycles. The van der Waals surface area contributed by atoms with Crippen molar-refractivity contribution in [2.45, 2.75) is 0 Å². The van der Waals surface area contributed by atoms with Crippen LogP contribution in [0.5, 0.6) is 0 Å². The van der Waals surface area contributed by atoms with Crippen molar-refractivity contribution in [1.29, 1.82) is 0 Å². The van der Waals surface area contributed by atoms with Gasteiger partial charge in [-0.2, -0.15) is 0 Å². The highest BCUT2D eigenvalue weighted by molar-refractivity contribution is 7.79. The number of rotatable bonds is 6. The minimum Gasteiger partial charge on any atom is -0.314 e. The molecule has 0 bridgehead atoms. The monoisotopic (exact) mass is 672 g/mol. The predicted molar refractivity (Wildman–Crippen MR) is 213 cm³/mol. The maximum Gasteiger partial charge on any atom is 0.160 e. The van der Waals surface area contributed by atoms with Crippen molar-refractivity contribution in [3.8, 4) is 78.4 Å². The van der Waals surface area contributed by atoms with Crippen LogP contribution in [0, 0.1) is 0 Å². The molecule has 7 aromatic carbocycles. The second-order valence-electron chi connectivity index (χ2n) is 13.1. The minimum atomic E-state index is -2.66. The molecule has 0 amide bonds. The van der Waals surface area contributed by atoms with Gasteiger partial charge in [0.15, 0.2) is 5.82 Å². The Balaban J connectivity index is 1.08. The van der Waals surface area contributed by atoms with Crippen molar-refractivity contribution < 1.29 is 4.57 Å². The van der Waals surface area contributed by atoms with Crippen LogP contribution in [0.1, 0.15) is 0 Å². The van der Waals surface area contributed by atoms with Crippen LogP contribution in [0.15, 0.2) is 182 Å². The van der Waals surface area contributed by atoms with Crippen molar-refractivity contribution in [1.82, 2.24) is 9.97 Å². The molecule has 0 saturated carbocycles. The molecule has 0 aliphatic carbocycles. The van der Waals surface area contributed by atoms with E-state index in [4.69, 9.17) is 9.97 Å². The fourth-order valence-corrected chi connectivity index (χ4v) is 9.48. The molecular formula is C47H33N2OP. The Labute approximate surface area is 298 Å². The third-order valence-electron chi connectivity index (χ3n) is 9.84. The Kier molecular flexibility index (Phi) is 7.64. The molecule has 0 N–H and O–H groups in total. The number of fused-ring (bicyclic) bond motifs is 3. The van der Waals surface area contributed by atoms with E-state index in [1.54, 1.807) is 0 Å². The highest BCUT2D eigenvalue weighted by Gasteiger charge is 2.34. The topological polar surface area (TPSA) is 42.9 Å². The molecule has 0 spiro atoms. The summed E-state index contributed by atoms with van der Waals surface area (Å²) < 4.78 is 14.0. The Bertz CT molecular complexity index is 2610. The first-order valence-corrected chi connectivity index (χ1v) is 19.3. The molecule has 51 heavy (non-hydrogen) atoms. The molecular weight excluding hydrogens is 640 g/mol. The zero-order valence-corrected chi connectivity index (χ0v) is 29.0. The van der Waals surface area contributed by atoms with Gasteiger partial charge in [0.05, 0.1) is 11.4 Å². The van der Waals surface area contributed by atoms with E-state index in [1.807, 2.05) is 49.1 Å². The lowest BCUT2D eigenvalue weighted by atomic mass is 9.96. The molecule has 8 aromatic rings. The van der Waals surface area contributed by atoms with Gasteiger partial charge in [0.2, 0.25) is 0 Å². The minimum absolute atomic E-state index is 0.689. The van der Waals surface area contributed by atoms with Crippen LogP contribution in [-0.4, -0.2) is 16.6 Å². The van der Waals surface area contributed by atoms with Crippen LogP contribution in [-0.2, 0) is 4.57 Å². The number of benzene rings is 7. The lowest BCUT2D eigenvalue weighted by Gasteiger charge is -2.12. The molecule has 0 fully saturated rings. The van der Waals surface area contributed by atoms with Gasteiger partial charge in [-0.3, -0.25) is 0 Å². The summed E-state index contributed by atoms with van der Waals surface area (Å²) in [6.07, 6.45) is 0. The summed E-state index contributed by atoms with van der Waals surface area (Å²) in [7, 11) is -2.66. The maximum atomic E-state index is 14.0. The van der Waals surface area contributed by atoms with Gasteiger partial charge in [-0.25, -0.2) is 9.97 Å². The zero-order valence-electron chi connectivity index (χ0n) is 28.1. The first-order chi connectivity index (χ1) is 25.0. The molecule has 2 heterocycles. The van der Waals surface area contributed by atoms with Gasteiger partial charge in [-0.1, -0.05) is 158 Å². The molecule has 9 rings (SSSR count). The molecule has 0 radical (unpaired) electrons. The summed E-state index contributed by atoms with van der Waals surface area (Å²) >= 11 is 0. The highest BCUT2D eigenvalue weighted by atomic mass is 31.2. The molecule has 1 atom stereocenters. The number of hydrogen-bond donors (Lipinski definition) is 0. The molecule has 3 nitrogen and oxygen atoms in total. The van der Waals surface area contributed by atoms with Gasteiger partial charge in [0.1, 0.15) is 7.14 Å². The molecule has 4 heteroatoms. The van der Waals surface area contributed by atoms with E-state index in [9.17, 15) is 4.57 Å². The van der Waals surface area contributed by atoms with Crippen molar-refractivity contribution in [2.75, 3.05) is 6.66 Å². The van der Waals surface area contributed by atoms with E-state index in [0.717, 1.165) is 72.1 Å². The summed E-state index contributed by atoms with van der Waals surface area (Å²) in [5.74, 6) is 0.689. The molecule has 1 unspecified atom stereocenters. The standard InChI is InChI=1S/C47H33N2OP/c1-51(50)45-21-9-8-20-41(45)42-27-26-39(30-46(42)51)37-17-10-16-36(28-37)38-18-11-19-40(29-38)44-31-43(48-47(49-44)35-14-6-3-7-15-35)34-24-22-33(23-25-34)32-12-4-2-5-13-32/h2-31H,1H3. The SMILES string of the molecule is CP1(=O)c2ccccc2-c2ccc(-c3cccc(-c4cccc(-c5cc(-c6ccc(-c7ccccc7)cc6)nc(-c6ccccc6)n5)c4)c3)cc21. The summed E-state index contributed by atoms with van der Waals surface area (Å²) in [5.41, 5.74) is 13.6. The number of nitrogens with zero attached hydrogens (tertiary/aromatic N) is 2. The van der Waals surface area contributed by atoms with Crippen molar-refractivity contribution in [2.24, 2.45) is 0 Å². The second kappa shape index (κ2) is 12.6. The Morgan fingerprint density at radius 1 is 0.353 bits per heavy atom. The summed E-state index contributed by atoms with van der Waals surface area (Å²) in [5, 5.41) is 1.90. The van der Waals surface area contributed by atoms with Gasteiger partial charge in [0.25, 0.3) is 0 Å². The van der Waals surface area contributed by atoms with Crippen molar-refractivity contribution in [3.05, 3.63) is 182 Å². The van der Waals surface area contributed by atoms with E-state index in [1.165, 1.54) is 11.1 Å². The van der Waals surface area contributed by atoms with E-state index in [-0.39, 0.29) is 0 Å². The van der Waals surface area contributed by atoms with Gasteiger partial charge in [0, 0.05) is 27.3 Å². The van der Waals surface area contributed by atoms with Gasteiger partial charge < -0.3 is 4.57 Å². The first-order valence-electron chi connectivity index (χ1n) is 17.1. The average Bonchev–Trinajstić information content (AvgIpc) is 3.44. The molecule has 242 valence electrons. The zero-order chi connectivity index (χ0) is 34.4. The quantitative estimate of drug-likeness (QED) is 0.165. The Morgan fingerprint density at radius 3 is 1.49 bits per heavy atom. The van der Waals surface area contributed by atoms with E-state index in [2.05, 4.69) is 140 Å². The van der Waals surface area contributed by atoms with Crippen LogP contribution >= 0.6 is 7.14 Å². The van der Waals surface area contributed by atoms with E-state index < -0.39 is 7.14 Å². The summed E-state index contributed by atoms with van der Waals surface area (Å²) in [4.78, 5) is 10.1. The highest BCUT2D eigenvalue weighted by Crippen LogP contribution is 2.50. The van der Waals surface area contributed by atoms with Crippen LogP contribution in [0.2, 0.25) is 0 Å². The van der Waals surface area contributed by atoms with Crippen LogP contribution < -0.4 is 10.6 Å². The van der Waals surface area contributed by atoms with Crippen LogP contribution in [0.3, 0.4) is 0 Å². The van der Waals surface area contributed by atoms with Gasteiger partial charge >= 0.3 is 0 Å². The second-order valence-corrected chi connectivity index (χ2v) is 15.9. The maximum absolute atomic E-state index is 14.0. The van der Waals surface area contributed by atoms with E-state index in [0.29, 0.717) is 5.82 Å². The average molecular weight is 673 g/mol. The first kappa shape index (κ1) is 30.9. The third-order valence-corrected chi connectivity index (χ3v) is 12.4. The van der Waals surface area contributed by atoms with Crippen molar-refractivity contribution >= 4 is 17.8 Å². The number of hydrogen-bond acceptors (Lipinski definition) is 3. The predicted octanol–water partition coefficient (Wildman–Crippen LogP) is 11.4. The summed E-state index contributed by atoms with van der Waals surface area (Å²) in [6.45, 7) is 1.89. The molecule has 1 aliphatic heterocycles. The molecule has 0 saturated heterocycles. The van der Waals surface area contributed by atoms with Crippen molar-refractivity contribution in [3.63, 3.8) is 0 Å². The van der Waals surface area contributed by atoms with Gasteiger partial charge in [-0.05, 0) is 75.4 Å². The lowest BCUT2D eigenvalue weighted by molar-refractivity contribution is 0.591. The lowest BCUT2D eigenvalue weighted by Crippen LogP contribution is -2.08. The largest absolute Gasteiger partial charge is 0.314 e. The van der Waals surface area contributed by atoms with Crippen LogP contribution in [0.4, 0.5) is 0 Å². The van der Waals surface area contributed by atoms with E-state index >= 15 is 0 Å². The Morgan fingerprint density at radius 2 is 0.804 bits per heavy atom.